The van der Waals surface area contributed by atoms with Crippen molar-refractivity contribution >= 4 is 11.6 Å². The number of hydrogen-bond acceptors (Lipinski definition) is 4. The molecular formula is C12H12N2O3. The van der Waals surface area contributed by atoms with Gasteiger partial charge in [-0.25, -0.2) is 4.98 Å². The quantitative estimate of drug-likeness (QED) is 0.878. The monoisotopic (exact) mass is 232 g/mol. The van der Waals surface area contributed by atoms with Crippen molar-refractivity contribution in [2.24, 2.45) is 0 Å². The number of carbonyl (C=O) groups excluding carboxylic acids is 1. The SMILES string of the molecule is CCOc1ccc(NC(=O)c2cocn2)cc1. The highest BCUT2D eigenvalue weighted by Gasteiger charge is 2.08. The van der Waals surface area contributed by atoms with Gasteiger partial charge in [0, 0.05) is 5.69 Å². The lowest BCUT2D eigenvalue weighted by Gasteiger charge is -2.05. The summed E-state index contributed by atoms with van der Waals surface area (Å²) in [5.74, 6) is 0.467. The van der Waals surface area contributed by atoms with Crippen molar-refractivity contribution in [3.05, 3.63) is 42.6 Å². The number of rotatable bonds is 4. The van der Waals surface area contributed by atoms with E-state index in [9.17, 15) is 4.79 Å². The molecule has 1 N–H and O–H groups in total. The minimum Gasteiger partial charge on any atom is -0.494 e. The van der Waals surface area contributed by atoms with Gasteiger partial charge in [0.15, 0.2) is 12.1 Å². The van der Waals surface area contributed by atoms with Crippen molar-refractivity contribution in [1.29, 1.82) is 0 Å². The van der Waals surface area contributed by atoms with E-state index in [1.807, 2.05) is 6.92 Å². The van der Waals surface area contributed by atoms with Crippen molar-refractivity contribution < 1.29 is 13.9 Å². The molecular weight excluding hydrogens is 220 g/mol. The lowest BCUT2D eigenvalue weighted by molar-refractivity contribution is 0.102. The second-order valence-corrected chi connectivity index (χ2v) is 3.29. The van der Waals surface area contributed by atoms with Crippen LogP contribution in [0.5, 0.6) is 5.75 Å². The zero-order valence-corrected chi connectivity index (χ0v) is 9.34. The number of aromatic nitrogens is 1. The molecule has 0 spiro atoms. The fourth-order valence-corrected chi connectivity index (χ4v) is 1.32. The van der Waals surface area contributed by atoms with Gasteiger partial charge in [0.05, 0.1) is 6.61 Å². The predicted molar refractivity (Wildman–Crippen MR) is 62.1 cm³/mol. The maximum atomic E-state index is 11.6. The Hall–Kier alpha value is -2.30. The fraction of sp³-hybridized carbons (Fsp3) is 0.167. The van der Waals surface area contributed by atoms with Crippen LogP contribution in [0.15, 0.2) is 41.3 Å². The molecule has 0 atom stereocenters. The maximum Gasteiger partial charge on any atom is 0.277 e. The van der Waals surface area contributed by atoms with Gasteiger partial charge in [0.25, 0.3) is 5.91 Å². The van der Waals surface area contributed by atoms with Gasteiger partial charge in [-0.15, -0.1) is 0 Å². The number of ether oxygens (including phenoxy) is 1. The summed E-state index contributed by atoms with van der Waals surface area (Å²) in [5.41, 5.74) is 0.931. The van der Waals surface area contributed by atoms with Gasteiger partial charge in [-0.3, -0.25) is 4.79 Å². The maximum absolute atomic E-state index is 11.6. The molecule has 0 aliphatic rings. The summed E-state index contributed by atoms with van der Waals surface area (Å²) in [6.07, 6.45) is 2.51. The molecule has 1 aromatic heterocycles. The first-order chi connectivity index (χ1) is 8.29. The zero-order chi connectivity index (χ0) is 12.1. The third-order valence-electron chi connectivity index (χ3n) is 2.09. The topological polar surface area (TPSA) is 64.4 Å². The first-order valence-electron chi connectivity index (χ1n) is 5.22. The molecule has 1 heterocycles. The van der Waals surface area contributed by atoms with Gasteiger partial charge in [0.1, 0.15) is 12.0 Å². The second-order valence-electron chi connectivity index (χ2n) is 3.29. The molecule has 0 fully saturated rings. The van der Waals surface area contributed by atoms with E-state index in [0.29, 0.717) is 12.3 Å². The van der Waals surface area contributed by atoms with Gasteiger partial charge >= 0.3 is 0 Å². The third kappa shape index (κ3) is 2.84. The summed E-state index contributed by atoms with van der Waals surface area (Å²) in [6.45, 7) is 2.53. The third-order valence-corrected chi connectivity index (χ3v) is 2.09. The average Bonchev–Trinajstić information content (AvgIpc) is 2.86. The van der Waals surface area contributed by atoms with Crippen molar-refractivity contribution in [3.8, 4) is 5.75 Å². The number of nitrogens with zero attached hydrogens (tertiary/aromatic N) is 1. The molecule has 0 bridgehead atoms. The Kier molecular flexibility index (Phi) is 3.40. The van der Waals surface area contributed by atoms with Crippen molar-refractivity contribution in [2.75, 3.05) is 11.9 Å². The Balaban J connectivity index is 2.01. The fourth-order valence-electron chi connectivity index (χ4n) is 1.32. The van der Waals surface area contributed by atoms with Gasteiger partial charge < -0.3 is 14.5 Å². The highest BCUT2D eigenvalue weighted by molar-refractivity contribution is 6.02. The number of carbonyl (C=O) groups is 1. The lowest BCUT2D eigenvalue weighted by Crippen LogP contribution is -2.11. The second kappa shape index (κ2) is 5.16. The standard InChI is InChI=1S/C12H12N2O3/c1-2-17-10-5-3-9(4-6-10)14-12(15)11-7-16-8-13-11/h3-8H,2H2,1H3,(H,14,15). The number of oxazole rings is 1. The molecule has 2 rings (SSSR count). The van der Waals surface area contributed by atoms with Crippen LogP contribution in [-0.2, 0) is 0 Å². The molecule has 2 aromatic rings. The van der Waals surface area contributed by atoms with Crippen LogP contribution in [0.1, 0.15) is 17.4 Å². The van der Waals surface area contributed by atoms with Crippen LogP contribution in [0, 0.1) is 0 Å². The summed E-state index contributed by atoms with van der Waals surface area (Å²) < 4.78 is 10.0. The van der Waals surface area contributed by atoms with Gasteiger partial charge in [-0.1, -0.05) is 0 Å². The Morgan fingerprint density at radius 3 is 2.76 bits per heavy atom. The molecule has 17 heavy (non-hydrogen) atoms. The molecule has 0 saturated carbocycles. The molecule has 0 radical (unpaired) electrons. The van der Waals surface area contributed by atoms with E-state index in [0.717, 1.165) is 5.75 Å². The van der Waals surface area contributed by atoms with E-state index >= 15 is 0 Å². The molecule has 1 aromatic carbocycles. The van der Waals surface area contributed by atoms with E-state index in [1.165, 1.54) is 12.7 Å². The zero-order valence-electron chi connectivity index (χ0n) is 9.34. The Labute approximate surface area is 98.4 Å². The van der Waals surface area contributed by atoms with Crippen LogP contribution in [0.3, 0.4) is 0 Å². The molecule has 0 aliphatic carbocycles. The Bertz CT molecular complexity index is 477. The summed E-state index contributed by atoms with van der Waals surface area (Å²) >= 11 is 0. The highest BCUT2D eigenvalue weighted by atomic mass is 16.5. The van der Waals surface area contributed by atoms with E-state index in [4.69, 9.17) is 9.15 Å². The Morgan fingerprint density at radius 2 is 2.18 bits per heavy atom. The number of benzene rings is 1. The van der Waals surface area contributed by atoms with Crippen molar-refractivity contribution in [1.82, 2.24) is 4.98 Å². The summed E-state index contributed by atoms with van der Waals surface area (Å²) in [5, 5.41) is 2.70. The van der Waals surface area contributed by atoms with Crippen LogP contribution in [-0.4, -0.2) is 17.5 Å². The largest absolute Gasteiger partial charge is 0.494 e. The van der Waals surface area contributed by atoms with E-state index < -0.39 is 0 Å². The lowest BCUT2D eigenvalue weighted by atomic mass is 10.3. The number of anilines is 1. The predicted octanol–water partition coefficient (Wildman–Crippen LogP) is 2.33. The van der Waals surface area contributed by atoms with E-state index in [1.54, 1.807) is 24.3 Å². The number of hydrogen-bond donors (Lipinski definition) is 1. The van der Waals surface area contributed by atoms with Gasteiger partial charge in [-0.05, 0) is 31.2 Å². The summed E-state index contributed by atoms with van der Waals surface area (Å²) in [4.78, 5) is 15.4. The van der Waals surface area contributed by atoms with Gasteiger partial charge in [-0.2, -0.15) is 0 Å². The van der Waals surface area contributed by atoms with E-state index in [2.05, 4.69) is 10.3 Å². The number of amides is 1. The van der Waals surface area contributed by atoms with Crippen LogP contribution in [0.4, 0.5) is 5.69 Å². The molecule has 5 heteroatoms. The molecule has 88 valence electrons. The normalized spacial score (nSPS) is 9.94. The smallest absolute Gasteiger partial charge is 0.277 e. The summed E-state index contributed by atoms with van der Waals surface area (Å²) in [7, 11) is 0. The van der Waals surface area contributed by atoms with Crippen LogP contribution >= 0.6 is 0 Å². The molecule has 0 unspecified atom stereocenters. The molecule has 1 amide bonds. The number of nitrogens with one attached hydrogen (secondary N) is 1. The van der Waals surface area contributed by atoms with Crippen LogP contribution < -0.4 is 10.1 Å². The Morgan fingerprint density at radius 1 is 1.41 bits per heavy atom. The minimum atomic E-state index is -0.303. The van der Waals surface area contributed by atoms with Crippen LogP contribution in [0.25, 0.3) is 0 Å². The van der Waals surface area contributed by atoms with Crippen LogP contribution in [0.2, 0.25) is 0 Å². The highest BCUT2D eigenvalue weighted by Crippen LogP contribution is 2.16. The average molecular weight is 232 g/mol. The first-order valence-corrected chi connectivity index (χ1v) is 5.22. The molecule has 0 saturated heterocycles. The summed E-state index contributed by atoms with van der Waals surface area (Å²) in [6, 6.07) is 7.12. The molecule has 5 nitrogen and oxygen atoms in total. The van der Waals surface area contributed by atoms with E-state index in [-0.39, 0.29) is 11.6 Å². The van der Waals surface area contributed by atoms with Gasteiger partial charge in [0.2, 0.25) is 0 Å². The minimum absolute atomic E-state index is 0.249. The van der Waals surface area contributed by atoms with Crippen molar-refractivity contribution in [2.45, 2.75) is 6.92 Å². The van der Waals surface area contributed by atoms with Crippen molar-refractivity contribution in [3.63, 3.8) is 0 Å². The first kappa shape index (κ1) is 11.2. The molecule has 0 aliphatic heterocycles.